The van der Waals surface area contributed by atoms with Crippen molar-refractivity contribution in [3.8, 4) is 0 Å². The van der Waals surface area contributed by atoms with Crippen LogP contribution in [0.1, 0.15) is 27.2 Å². The highest BCUT2D eigenvalue weighted by Gasteiger charge is 2.34. The number of nitrogens with zero attached hydrogens (tertiary/aromatic N) is 2. The third-order valence-corrected chi connectivity index (χ3v) is 4.12. The Hall–Kier alpha value is -1.76. The van der Waals surface area contributed by atoms with Crippen LogP contribution in [0, 0.1) is 11.8 Å². The molecule has 1 fully saturated rings. The highest BCUT2D eigenvalue weighted by molar-refractivity contribution is 5.63. The molecule has 0 saturated carbocycles. The van der Waals surface area contributed by atoms with Gasteiger partial charge in [0.15, 0.2) is 0 Å². The van der Waals surface area contributed by atoms with Gasteiger partial charge in [-0.3, -0.25) is 14.3 Å². The first-order valence-corrected chi connectivity index (χ1v) is 7.36. The Labute approximate surface area is 123 Å². The molecule has 0 radical (unpaired) electrons. The van der Waals surface area contributed by atoms with E-state index in [1.165, 1.54) is 4.57 Å². The molecule has 1 aromatic heterocycles. The maximum atomic E-state index is 12.2. The summed E-state index contributed by atoms with van der Waals surface area (Å²) in [5.74, 6) is 0.694. The Balaban J connectivity index is 2.54. The molecule has 1 saturated heterocycles. The van der Waals surface area contributed by atoms with Crippen LogP contribution in [0.25, 0.3) is 0 Å². The summed E-state index contributed by atoms with van der Waals surface area (Å²) >= 11 is 0. The number of anilines is 2. The smallest absolute Gasteiger partial charge is 0.330 e. The van der Waals surface area contributed by atoms with Gasteiger partial charge >= 0.3 is 5.69 Å². The molecular formula is C14H24N4O3. The minimum Gasteiger partial charge on any atom is -0.394 e. The second-order valence-corrected chi connectivity index (χ2v) is 6.21. The summed E-state index contributed by atoms with van der Waals surface area (Å²) in [6.07, 6.45) is 0.882. The van der Waals surface area contributed by atoms with E-state index < -0.39 is 11.2 Å². The van der Waals surface area contributed by atoms with E-state index >= 15 is 0 Å². The van der Waals surface area contributed by atoms with Gasteiger partial charge in [0.05, 0.1) is 12.6 Å². The summed E-state index contributed by atoms with van der Waals surface area (Å²) in [5.41, 5.74) is 5.43. The summed E-state index contributed by atoms with van der Waals surface area (Å²) < 4.78 is 1.40. The molecule has 2 atom stereocenters. The number of hydrogen-bond donors (Lipinski definition) is 3. The number of hydrogen-bond acceptors (Lipinski definition) is 5. The van der Waals surface area contributed by atoms with E-state index in [9.17, 15) is 14.7 Å². The SMILES string of the molecule is CC(C)Cn1c(N)c(N2CCC(C)C2CO)c(=O)[nH]c1=O. The Bertz CT molecular complexity index is 620. The Kier molecular flexibility index (Phi) is 4.41. The van der Waals surface area contributed by atoms with E-state index in [-0.39, 0.29) is 30.3 Å². The van der Waals surface area contributed by atoms with E-state index in [1.807, 2.05) is 25.7 Å². The molecule has 1 aliphatic rings. The van der Waals surface area contributed by atoms with E-state index in [0.29, 0.717) is 18.8 Å². The largest absolute Gasteiger partial charge is 0.394 e. The van der Waals surface area contributed by atoms with Gasteiger partial charge in [-0.2, -0.15) is 0 Å². The second-order valence-electron chi connectivity index (χ2n) is 6.21. The van der Waals surface area contributed by atoms with Crippen LogP contribution in [0.5, 0.6) is 0 Å². The molecule has 7 heteroatoms. The number of nitrogen functional groups attached to an aromatic ring is 1. The lowest BCUT2D eigenvalue weighted by atomic mass is 10.0. The van der Waals surface area contributed by atoms with Crippen LogP contribution >= 0.6 is 0 Å². The van der Waals surface area contributed by atoms with E-state index in [2.05, 4.69) is 4.98 Å². The van der Waals surface area contributed by atoms with Gasteiger partial charge in [0.2, 0.25) is 0 Å². The molecule has 0 aromatic carbocycles. The molecule has 21 heavy (non-hydrogen) atoms. The van der Waals surface area contributed by atoms with Crippen LogP contribution in [0.4, 0.5) is 11.5 Å². The monoisotopic (exact) mass is 296 g/mol. The molecule has 2 rings (SSSR count). The highest BCUT2D eigenvalue weighted by Crippen LogP contribution is 2.30. The zero-order chi connectivity index (χ0) is 15.7. The van der Waals surface area contributed by atoms with Gasteiger partial charge in [0, 0.05) is 13.1 Å². The normalized spacial score (nSPS) is 22.2. The Morgan fingerprint density at radius 2 is 2.10 bits per heavy atom. The zero-order valence-electron chi connectivity index (χ0n) is 12.8. The number of rotatable bonds is 4. The van der Waals surface area contributed by atoms with Gasteiger partial charge in [-0.05, 0) is 18.3 Å². The van der Waals surface area contributed by atoms with Crippen LogP contribution in [-0.4, -0.2) is 33.9 Å². The van der Waals surface area contributed by atoms with Crippen molar-refractivity contribution in [3.05, 3.63) is 20.8 Å². The summed E-state index contributed by atoms with van der Waals surface area (Å²) in [7, 11) is 0. The lowest BCUT2D eigenvalue weighted by Gasteiger charge is -2.28. The topological polar surface area (TPSA) is 104 Å². The average molecular weight is 296 g/mol. The third kappa shape index (κ3) is 2.83. The number of aliphatic hydroxyl groups excluding tert-OH is 1. The van der Waals surface area contributed by atoms with Gasteiger partial charge in [-0.1, -0.05) is 20.8 Å². The summed E-state index contributed by atoms with van der Waals surface area (Å²) in [4.78, 5) is 28.3. The first-order chi connectivity index (χ1) is 9.86. The molecule has 1 aliphatic heterocycles. The molecule has 4 N–H and O–H groups in total. The lowest BCUT2D eigenvalue weighted by Crippen LogP contribution is -2.43. The molecule has 2 unspecified atom stereocenters. The zero-order valence-corrected chi connectivity index (χ0v) is 12.8. The predicted octanol–water partition coefficient (Wildman–Crippen LogP) is -0.0181. The summed E-state index contributed by atoms with van der Waals surface area (Å²) in [5, 5.41) is 9.56. The molecular weight excluding hydrogens is 272 g/mol. The van der Waals surface area contributed by atoms with Crippen LogP contribution < -0.4 is 21.9 Å². The molecule has 0 aliphatic carbocycles. The fourth-order valence-corrected chi connectivity index (χ4v) is 2.97. The van der Waals surface area contributed by atoms with Crippen LogP contribution in [0.3, 0.4) is 0 Å². The number of H-pyrrole nitrogens is 1. The maximum Gasteiger partial charge on any atom is 0.330 e. The van der Waals surface area contributed by atoms with E-state index in [4.69, 9.17) is 5.73 Å². The van der Waals surface area contributed by atoms with Crippen molar-refractivity contribution in [1.29, 1.82) is 0 Å². The van der Waals surface area contributed by atoms with Crippen LogP contribution in [0.2, 0.25) is 0 Å². The fraction of sp³-hybridized carbons (Fsp3) is 0.714. The van der Waals surface area contributed by atoms with Crippen molar-refractivity contribution in [2.24, 2.45) is 11.8 Å². The standard InChI is InChI=1S/C14H24N4O3/c1-8(2)6-18-12(15)11(13(20)16-14(18)21)17-5-4-9(3)10(17)7-19/h8-10,19H,4-7,15H2,1-3H3,(H,16,20,21). The maximum absolute atomic E-state index is 12.2. The number of aromatic amines is 1. The number of nitrogens with two attached hydrogens (primary N) is 1. The van der Waals surface area contributed by atoms with Gasteiger partial charge in [-0.15, -0.1) is 0 Å². The van der Waals surface area contributed by atoms with Crippen molar-refractivity contribution in [1.82, 2.24) is 9.55 Å². The minimum absolute atomic E-state index is 0.0383. The van der Waals surface area contributed by atoms with Crippen LogP contribution in [-0.2, 0) is 6.54 Å². The quantitative estimate of drug-likeness (QED) is 0.724. The molecule has 118 valence electrons. The van der Waals surface area contributed by atoms with Crippen molar-refractivity contribution in [2.45, 2.75) is 39.8 Å². The summed E-state index contributed by atoms with van der Waals surface area (Å²) in [6, 6.07) is -0.140. The predicted molar refractivity (Wildman–Crippen MR) is 82.6 cm³/mol. The molecule has 7 nitrogen and oxygen atoms in total. The van der Waals surface area contributed by atoms with Gasteiger partial charge in [0.25, 0.3) is 5.56 Å². The molecule has 1 aromatic rings. The molecule has 2 heterocycles. The fourth-order valence-electron chi connectivity index (χ4n) is 2.97. The van der Waals surface area contributed by atoms with Crippen molar-refractivity contribution >= 4 is 11.5 Å². The van der Waals surface area contributed by atoms with Crippen LogP contribution in [0.15, 0.2) is 9.59 Å². The Morgan fingerprint density at radius 3 is 2.67 bits per heavy atom. The second kappa shape index (κ2) is 5.93. The average Bonchev–Trinajstić information content (AvgIpc) is 2.75. The van der Waals surface area contributed by atoms with Gasteiger partial charge in [-0.25, -0.2) is 4.79 Å². The number of aromatic nitrogens is 2. The number of aliphatic hydroxyl groups is 1. The highest BCUT2D eigenvalue weighted by atomic mass is 16.3. The van der Waals surface area contributed by atoms with E-state index in [1.54, 1.807) is 0 Å². The molecule has 0 amide bonds. The van der Waals surface area contributed by atoms with E-state index in [0.717, 1.165) is 6.42 Å². The Morgan fingerprint density at radius 1 is 1.43 bits per heavy atom. The van der Waals surface area contributed by atoms with Crippen molar-refractivity contribution in [2.75, 3.05) is 23.8 Å². The third-order valence-electron chi connectivity index (χ3n) is 4.12. The lowest BCUT2D eigenvalue weighted by molar-refractivity contribution is 0.244. The first kappa shape index (κ1) is 15.6. The van der Waals surface area contributed by atoms with Gasteiger partial charge in [0.1, 0.15) is 11.5 Å². The molecule has 0 spiro atoms. The van der Waals surface area contributed by atoms with Gasteiger partial charge < -0.3 is 15.7 Å². The van der Waals surface area contributed by atoms with Crippen molar-refractivity contribution < 1.29 is 5.11 Å². The molecule has 0 bridgehead atoms. The number of nitrogens with one attached hydrogen (secondary N) is 1. The first-order valence-electron chi connectivity index (χ1n) is 7.36. The summed E-state index contributed by atoms with van der Waals surface area (Å²) in [6.45, 7) is 7.05. The minimum atomic E-state index is -0.484. The van der Waals surface area contributed by atoms with Crippen molar-refractivity contribution in [3.63, 3.8) is 0 Å².